The lowest BCUT2D eigenvalue weighted by atomic mass is 9.66. The second kappa shape index (κ2) is 11.8. The van der Waals surface area contributed by atoms with Gasteiger partial charge in [0, 0.05) is 26.6 Å². The smallest absolute Gasteiger partial charge is 0.0741 e. The van der Waals surface area contributed by atoms with Gasteiger partial charge in [-0.3, -0.25) is 0 Å². The minimum Gasteiger partial charge on any atom is -0.310 e. The van der Waals surface area contributed by atoms with E-state index in [9.17, 15) is 0 Å². The lowest BCUT2D eigenvalue weighted by Crippen LogP contribution is -2.32. The van der Waals surface area contributed by atoms with Crippen molar-refractivity contribution in [2.75, 3.05) is 4.90 Å². The van der Waals surface area contributed by atoms with E-state index in [0.717, 1.165) is 11.4 Å². The van der Waals surface area contributed by atoms with E-state index < -0.39 is 5.41 Å². The first-order chi connectivity index (χ1) is 26.3. The molecule has 0 fully saturated rings. The van der Waals surface area contributed by atoms with Gasteiger partial charge in [-0.25, -0.2) is 0 Å². The van der Waals surface area contributed by atoms with Crippen LogP contribution in [0.2, 0.25) is 0 Å². The normalized spacial score (nSPS) is 15.2. The molecule has 1 aliphatic heterocycles. The molecule has 0 saturated carbocycles. The summed E-state index contributed by atoms with van der Waals surface area (Å²) < 4.78 is 0. The standard InChI is InChI=1S/C51H33NS/c1-2-16-38(17-3-1)52(47-23-12-15-35-13-4-6-18-40(35)47)39-29-25-34(26-30-39)37-27-31-43-42-20-8-9-21-44(42)51(46(43)33-37)45-22-10-11-24-48(45)53-49-32-28-36-14-5-7-19-41(36)50(49)51/h1-33H. The first kappa shape index (κ1) is 30.3. The van der Waals surface area contributed by atoms with Crippen LogP contribution in [0.3, 0.4) is 0 Å². The lowest BCUT2D eigenvalue weighted by Gasteiger charge is -2.40. The van der Waals surface area contributed by atoms with Crippen LogP contribution in [0.15, 0.2) is 210 Å². The van der Waals surface area contributed by atoms with Crippen LogP contribution in [0.4, 0.5) is 17.1 Å². The van der Waals surface area contributed by atoms with Gasteiger partial charge in [0.1, 0.15) is 0 Å². The van der Waals surface area contributed by atoms with Gasteiger partial charge in [-0.15, -0.1) is 0 Å². The van der Waals surface area contributed by atoms with E-state index in [1.165, 1.54) is 81.5 Å². The van der Waals surface area contributed by atoms with Gasteiger partial charge in [0.25, 0.3) is 0 Å². The lowest BCUT2D eigenvalue weighted by molar-refractivity contribution is 0.731. The van der Waals surface area contributed by atoms with Crippen LogP contribution in [0, 0.1) is 0 Å². The van der Waals surface area contributed by atoms with Crippen molar-refractivity contribution in [2.24, 2.45) is 0 Å². The van der Waals surface area contributed by atoms with Crippen molar-refractivity contribution in [3.8, 4) is 22.3 Å². The third kappa shape index (κ3) is 4.46. The van der Waals surface area contributed by atoms with Crippen molar-refractivity contribution in [2.45, 2.75) is 15.2 Å². The van der Waals surface area contributed by atoms with E-state index in [2.05, 4.69) is 205 Å². The van der Waals surface area contributed by atoms with Crippen LogP contribution < -0.4 is 4.90 Å². The summed E-state index contributed by atoms with van der Waals surface area (Å²) >= 11 is 1.90. The van der Waals surface area contributed by atoms with Gasteiger partial charge in [-0.05, 0) is 109 Å². The topological polar surface area (TPSA) is 3.24 Å². The molecule has 0 N–H and O–H groups in total. The Morgan fingerprint density at radius 2 is 1.00 bits per heavy atom. The second-order valence-corrected chi connectivity index (χ2v) is 15.1. The van der Waals surface area contributed by atoms with Crippen molar-refractivity contribution < 1.29 is 0 Å². The van der Waals surface area contributed by atoms with E-state index in [0.29, 0.717) is 0 Å². The van der Waals surface area contributed by atoms with Crippen molar-refractivity contribution >= 4 is 50.4 Å². The maximum atomic E-state index is 2.49. The quantitative estimate of drug-likeness (QED) is 0.181. The molecule has 1 atom stereocenters. The molecule has 2 heteroatoms. The number of para-hydroxylation sites is 1. The average molecular weight is 692 g/mol. The van der Waals surface area contributed by atoms with Gasteiger partial charge in [0.15, 0.2) is 0 Å². The van der Waals surface area contributed by atoms with Crippen LogP contribution in [0.5, 0.6) is 0 Å². The Bertz CT molecular complexity index is 2870. The minimum atomic E-state index is -0.446. The molecule has 11 rings (SSSR count). The van der Waals surface area contributed by atoms with Crippen molar-refractivity contribution in [1.82, 2.24) is 0 Å². The van der Waals surface area contributed by atoms with E-state index in [-0.39, 0.29) is 0 Å². The Morgan fingerprint density at radius 3 is 1.85 bits per heavy atom. The summed E-state index contributed by atoms with van der Waals surface area (Å²) in [5.74, 6) is 0. The Balaban J connectivity index is 1.11. The molecule has 0 radical (unpaired) electrons. The molecule has 1 nitrogen and oxygen atoms in total. The molecular formula is C51H33NS. The van der Waals surface area contributed by atoms with Crippen LogP contribution in [0.1, 0.15) is 22.3 Å². The summed E-state index contributed by atoms with van der Waals surface area (Å²) in [6, 6.07) is 73.9. The predicted octanol–water partition coefficient (Wildman–Crippen LogP) is 14.0. The molecular weight excluding hydrogens is 659 g/mol. The molecule has 9 aromatic rings. The fourth-order valence-corrected chi connectivity index (χ4v) is 10.3. The van der Waals surface area contributed by atoms with E-state index in [1.54, 1.807) is 0 Å². The molecule has 0 bridgehead atoms. The summed E-state index contributed by atoms with van der Waals surface area (Å²) in [5.41, 5.74) is 13.5. The molecule has 9 aromatic carbocycles. The van der Waals surface area contributed by atoms with E-state index >= 15 is 0 Å². The van der Waals surface area contributed by atoms with E-state index in [1.807, 2.05) is 11.8 Å². The Morgan fingerprint density at radius 1 is 0.377 bits per heavy atom. The number of fused-ring (bicyclic) bond motifs is 12. The first-order valence-corrected chi connectivity index (χ1v) is 19.1. The number of nitrogens with zero attached hydrogens (tertiary/aromatic N) is 1. The third-order valence-electron chi connectivity index (χ3n) is 11.3. The third-order valence-corrected chi connectivity index (χ3v) is 12.4. The minimum absolute atomic E-state index is 0.446. The van der Waals surface area contributed by atoms with Crippen molar-refractivity contribution in [3.63, 3.8) is 0 Å². The van der Waals surface area contributed by atoms with Gasteiger partial charge in [0.05, 0.1) is 11.1 Å². The maximum Gasteiger partial charge on any atom is 0.0741 e. The van der Waals surface area contributed by atoms with Crippen LogP contribution in [-0.2, 0) is 5.41 Å². The highest BCUT2D eigenvalue weighted by Crippen LogP contribution is 2.63. The molecule has 0 saturated heterocycles. The van der Waals surface area contributed by atoms with Crippen LogP contribution in [-0.4, -0.2) is 0 Å². The number of hydrogen-bond donors (Lipinski definition) is 0. The average Bonchev–Trinajstić information content (AvgIpc) is 3.51. The number of rotatable bonds is 4. The fraction of sp³-hybridized carbons (Fsp3) is 0.0196. The molecule has 2 aliphatic rings. The Labute approximate surface area is 313 Å². The summed E-state index contributed by atoms with van der Waals surface area (Å²) in [4.78, 5) is 5.02. The van der Waals surface area contributed by atoms with Gasteiger partial charge in [0.2, 0.25) is 0 Å². The van der Waals surface area contributed by atoms with Gasteiger partial charge in [-0.2, -0.15) is 0 Å². The van der Waals surface area contributed by atoms with Crippen molar-refractivity contribution in [1.29, 1.82) is 0 Å². The van der Waals surface area contributed by atoms with E-state index in [4.69, 9.17) is 0 Å². The molecule has 248 valence electrons. The summed E-state index contributed by atoms with van der Waals surface area (Å²) in [5, 5.41) is 5.05. The van der Waals surface area contributed by atoms with Gasteiger partial charge < -0.3 is 4.90 Å². The predicted molar refractivity (Wildman–Crippen MR) is 223 cm³/mol. The molecule has 1 unspecified atom stereocenters. The molecule has 0 amide bonds. The molecule has 1 aliphatic carbocycles. The Kier molecular flexibility index (Phi) is 6.77. The number of benzene rings is 9. The summed E-state index contributed by atoms with van der Waals surface area (Å²) in [6.45, 7) is 0. The zero-order valence-corrected chi connectivity index (χ0v) is 29.7. The highest BCUT2D eigenvalue weighted by Gasteiger charge is 2.51. The number of hydrogen-bond acceptors (Lipinski definition) is 2. The highest BCUT2D eigenvalue weighted by molar-refractivity contribution is 7.99. The van der Waals surface area contributed by atoms with Gasteiger partial charge in [-0.1, -0.05) is 163 Å². The Hall–Kier alpha value is -6.35. The first-order valence-electron chi connectivity index (χ1n) is 18.3. The number of anilines is 3. The van der Waals surface area contributed by atoms with Crippen molar-refractivity contribution in [3.05, 3.63) is 222 Å². The maximum absolute atomic E-state index is 2.49. The van der Waals surface area contributed by atoms with Crippen LogP contribution in [0.25, 0.3) is 43.8 Å². The zero-order chi connectivity index (χ0) is 34.9. The van der Waals surface area contributed by atoms with Crippen LogP contribution >= 0.6 is 11.8 Å². The summed E-state index contributed by atoms with van der Waals surface area (Å²) in [6.07, 6.45) is 0. The molecule has 0 aromatic heterocycles. The fourth-order valence-electron chi connectivity index (χ4n) is 9.07. The molecule has 1 spiro atoms. The molecule has 53 heavy (non-hydrogen) atoms. The monoisotopic (exact) mass is 691 g/mol. The second-order valence-electron chi connectivity index (χ2n) is 14.0. The highest BCUT2D eigenvalue weighted by atomic mass is 32.2. The SMILES string of the molecule is c1ccc(N(c2ccc(-c3ccc4c(c3)C3(c5ccccc5Sc5ccc6ccccc6c53)c3ccccc3-4)cc2)c2cccc3ccccc23)cc1. The molecule has 1 heterocycles. The van der Waals surface area contributed by atoms with Gasteiger partial charge >= 0.3 is 0 Å². The zero-order valence-electron chi connectivity index (χ0n) is 28.9. The summed E-state index contributed by atoms with van der Waals surface area (Å²) in [7, 11) is 0. The largest absolute Gasteiger partial charge is 0.310 e.